The Morgan fingerprint density at radius 1 is 1.17 bits per heavy atom. The van der Waals surface area contributed by atoms with Gasteiger partial charge in [-0.2, -0.15) is 13.8 Å². The van der Waals surface area contributed by atoms with Crippen LogP contribution in [0.25, 0.3) is 11.4 Å². The second-order valence-electron chi connectivity index (χ2n) is 6.74. The molecule has 3 rings (SSSR count). The lowest BCUT2D eigenvalue weighted by Gasteiger charge is -2.06. The van der Waals surface area contributed by atoms with Gasteiger partial charge < -0.3 is 9.84 Å². The molecule has 0 aliphatic rings. The molecule has 1 amide bonds. The van der Waals surface area contributed by atoms with Crippen LogP contribution in [-0.2, 0) is 11.2 Å². The van der Waals surface area contributed by atoms with Gasteiger partial charge in [-0.05, 0) is 29.7 Å². The number of rotatable bonds is 8. The summed E-state index contributed by atoms with van der Waals surface area (Å²) in [7, 11) is 0. The molecule has 1 heterocycles. The van der Waals surface area contributed by atoms with E-state index in [9.17, 15) is 13.6 Å². The van der Waals surface area contributed by atoms with Crippen molar-refractivity contribution in [1.29, 1.82) is 0 Å². The number of alkyl halides is 2. The van der Waals surface area contributed by atoms with Crippen LogP contribution < -0.4 is 5.32 Å². The summed E-state index contributed by atoms with van der Waals surface area (Å²) < 4.78 is 30.1. The highest BCUT2D eigenvalue weighted by molar-refractivity contribution is 7.99. The van der Waals surface area contributed by atoms with Crippen molar-refractivity contribution in [1.82, 2.24) is 10.1 Å². The molecule has 1 N–H and O–H groups in total. The Morgan fingerprint density at radius 3 is 2.62 bits per heavy atom. The average Bonchev–Trinajstić information content (AvgIpc) is 3.15. The third kappa shape index (κ3) is 6.12. The van der Waals surface area contributed by atoms with E-state index in [2.05, 4.69) is 29.3 Å². The third-order valence-electron chi connectivity index (χ3n) is 4.21. The first kappa shape index (κ1) is 21.0. The SMILES string of the molecule is CC(C)c1ccc(-c2noc(CCC(=O)Nc3cccc(SC(F)F)c3)n2)cc1. The number of aryl methyl sites for hydroxylation is 1. The summed E-state index contributed by atoms with van der Waals surface area (Å²) in [5.41, 5.74) is 2.55. The van der Waals surface area contributed by atoms with Crippen LogP contribution in [0.1, 0.15) is 37.6 Å². The van der Waals surface area contributed by atoms with Gasteiger partial charge in [0.1, 0.15) is 0 Å². The number of anilines is 1. The normalized spacial score (nSPS) is 11.2. The summed E-state index contributed by atoms with van der Waals surface area (Å²) in [6.07, 6.45) is 0.425. The van der Waals surface area contributed by atoms with E-state index >= 15 is 0 Å². The van der Waals surface area contributed by atoms with Crippen LogP contribution >= 0.6 is 11.8 Å². The highest BCUT2D eigenvalue weighted by atomic mass is 32.2. The minimum Gasteiger partial charge on any atom is -0.339 e. The molecule has 0 fully saturated rings. The van der Waals surface area contributed by atoms with Crippen molar-refractivity contribution < 1.29 is 18.1 Å². The summed E-state index contributed by atoms with van der Waals surface area (Å²) in [6, 6.07) is 14.3. The topological polar surface area (TPSA) is 68.0 Å². The van der Waals surface area contributed by atoms with Gasteiger partial charge in [0, 0.05) is 29.0 Å². The molecule has 8 heteroatoms. The molecule has 5 nitrogen and oxygen atoms in total. The molecule has 0 unspecified atom stereocenters. The van der Waals surface area contributed by atoms with Crippen molar-refractivity contribution in [2.75, 3.05) is 5.32 Å². The first-order valence-electron chi connectivity index (χ1n) is 9.18. The summed E-state index contributed by atoms with van der Waals surface area (Å²) in [4.78, 5) is 16.9. The maximum atomic E-state index is 12.5. The Bertz CT molecular complexity index is 959. The summed E-state index contributed by atoms with van der Waals surface area (Å²) in [6.45, 7) is 4.25. The predicted molar refractivity (Wildman–Crippen MR) is 109 cm³/mol. The number of halogens is 2. The molecule has 1 aromatic heterocycles. The molecular formula is C21H21F2N3O2S. The highest BCUT2D eigenvalue weighted by Crippen LogP contribution is 2.27. The fourth-order valence-electron chi connectivity index (χ4n) is 2.68. The number of nitrogens with zero attached hydrogens (tertiary/aromatic N) is 2. The quantitative estimate of drug-likeness (QED) is 0.473. The molecule has 2 aromatic carbocycles. The molecule has 29 heavy (non-hydrogen) atoms. The fourth-order valence-corrected chi connectivity index (χ4v) is 3.24. The van der Waals surface area contributed by atoms with Gasteiger partial charge in [-0.25, -0.2) is 0 Å². The molecule has 0 saturated carbocycles. The van der Waals surface area contributed by atoms with E-state index in [1.165, 1.54) is 11.6 Å². The maximum Gasteiger partial charge on any atom is 0.288 e. The number of carbonyl (C=O) groups is 1. The van der Waals surface area contributed by atoms with Gasteiger partial charge in [0.25, 0.3) is 5.76 Å². The standard InChI is InChI=1S/C21H21F2N3O2S/c1-13(2)14-6-8-15(9-7-14)20-25-19(28-26-20)11-10-18(27)24-16-4-3-5-17(12-16)29-21(22)23/h3-9,12-13,21H,10-11H2,1-2H3,(H,24,27). The van der Waals surface area contributed by atoms with Crippen LogP contribution in [-0.4, -0.2) is 21.8 Å². The van der Waals surface area contributed by atoms with Gasteiger partial charge in [-0.15, -0.1) is 0 Å². The van der Waals surface area contributed by atoms with Crippen LogP contribution in [0.3, 0.4) is 0 Å². The zero-order valence-corrected chi connectivity index (χ0v) is 16.9. The van der Waals surface area contributed by atoms with Gasteiger partial charge in [0.2, 0.25) is 17.6 Å². The van der Waals surface area contributed by atoms with Crippen LogP contribution in [0.5, 0.6) is 0 Å². The Balaban J connectivity index is 1.55. The summed E-state index contributed by atoms with van der Waals surface area (Å²) >= 11 is 0.435. The van der Waals surface area contributed by atoms with Crippen LogP contribution in [0, 0.1) is 0 Å². The Kier molecular flexibility index (Phi) is 6.98. The molecule has 0 spiro atoms. The zero-order valence-electron chi connectivity index (χ0n) is 16.1. The fraction of sp³-hybridized carbons (Fsp3) is 0.286. The van der Waals surface area contributed by atoms with Gasteiger partial charge >= 0.3 is 0 Å². The lowest BCUT2D eigenvalue weighted by Crippen LogP contribution is -2.12. The van der Waals surface area contributed by atoms with E-state index in [0.717, 1.165) is 5.56 Å². The maximum absolute atomic E-state index is 12.5. The first-order valence-corrected chi connectivity index (χ1v) is 10.1. The van der Waals surface area contributed by atoms with Gasteiger partial charge in [-0.3, -0.25) is 4.79 Å². The summed E-state index contributed by atoms with van der Waals surface area (Å²) in [5, 5.41) is 6.66. The number of carbonyl (C=O) groups excluding carboxylic acids is 1. The molecule has 0 atom stereocenters. The zero-order chi connectivity index (χ0) is 20.8. The minimum atomic E-state index is -2.51. The number of amides is 1. The van der Waals surface area contributed by atoms with Crippen molar-refractivity contribution >= 4 is 23.4 Å². The number of aromatic nitrogens is 2. The van der Waals surface area contributed by atoms with Gasteiger partial charge in [-0.1, -0.05) is 61.1 Å². The van der Waals surface area contributed by atoms with E-state index in [1.807, 2.05) is 24.3 Å². The van der Waals surface area contributed by atoms with Gasteiger partial charge in [0.05, 0.1) is 0 Å². The summed E-state index contributed by atoms with van der Waals surface area (Å²) in [5.74, 6) is -1.48. The number of nitrogens with one attached hydrogen (secondary N) is 1. The molecule has 152 valence electrons. The molecule has 0 aliphatic carbocycles. The smallest absolute Gasteiger partial charge is 0.288 e. The Morgan fingerprint density at radius 2 is 1.93 bits per heavy atom. The van der Waals surface area contributed by atoms with Crippen molar-refractivity contribution in [2.24, 2.45) is 0 Å². The van der Waals surface area contributed by atoms with E-state index in [0.29, 0.717) is 40.0 Å². The second-order valence-corrected chi connectivity index (χ2v) is 7.81. The Hall–Kier alpha value is -2.74. The number of hydrogen-bond acceptors (Lipinski definition) is 5. The second kappa shape index (κ2) is 9.65. The van der Waals surface area contributed by atoms with E-state index in [4.69, 9.17) is 4.52 Å². The monoisotopic (exact) mass is 417 g/mol. The van der Waals surface area contributed by atoms with Crippen LogP contribution in [0.2, 0.25) is 0 Å². The number of hydrogen-bond donors (Lipinski definition) is 1. The third-order valence-corrected chi connectivity index (χ3v) is 4.92. The lowest BCUT2D eigenvalue weighted by atomic mass is 10.0. The van der Waals surface area contributed by atoms with Crippen molar-refractivity contribution in [3.8, 4) is 11.4 Å². The van der Waals surface area contributed by atoms with Crippen molar-refractivity contribution in [3.63, 3.8) is 0 Å². The highest BCUT2D eigenvalue weighted by Gasteiger charge is 2.12. The largest absolute Gasteiger partial charge is 0.339 e. The number of thioether (sulfide) groups is 1. The molecule has 0 aliphatic heterocycles. The Labute approximate surface area is 171 Å². The molecule has 0 bridgehead atoms. The predicted octanol–water partition coefficient (Wildman–Crippen LogP) is 5.75. The number of benzene rings is 2. The van der Waals surface area contributed by atoms with Crippen LogP contribution in [0.15, 0.2) is 57.9 Å². The minimum absolute atomic E-state index is 0.139. The molecule has 0 radical (unpaired) electrons. The van der Waals surface area contributed by atoms with E-state index in [-0.39, 0.29) is 18.7 Å². The van der Waals surface area contributed by atoms with E-state index < -0.39 is 5.76 Å². The average molecular weight is 417 g/mol. The van der Waals surface area contributed by atoms with E-state index in [1.54, 1.807) is 18.2 Å². The van der Waals surface area contributed by atoms with Crippen LogP contribution in [0.4, 0.5) is 14.5 Å². The first-order chi connectivity index (χ1) is 13.9. The van der Waals surface area contributed by atoms with Gasteiger partial charge in [0.15, 0.2) is 0 Å². The molecule has 0 saturated heterocycles. The van der Waals surface area contributed by atoms with Crippen molar-refractivity contribution in [3.05, 3.63) is 60.0 Å². The molecular weight excluding hydrogens is 396 g/mol. The van der Waals surface area contributed by atoms with Crippen molar-refractivity contribution in [2.45, 2.75) is 43.3 Å². The lowest BCUT2D eigenvalue weighted by molar-refractivity contribution is -0.116. The molecule has 3 aromatic rings.